The van der Waals surface area contributed by atoms with Crippen molar-refractivity contribution in [3.8, 4) is 34.1 Å². The average Bonchev–Trinajstić information content (AvgIpc) is 2.90. The Morgan fingerprint density at radius 3 is 1.15 bits per heavy atom. The lowest BCUT2D eigenvalue weighted by molar-refractivity contribution is 0.414. The van der Waals surface area contributed by atoms with E-state index in [-0.39, 0.29) is 0 Å². The van der Waals surface area contributed by atoms with Crippen LogP contribution >= 0.6 is 0 Å². The third kappa shape index (κ3) is 5.18. The minimum Gasteiger partial charge on any atom is -0.497 e. The van der Waals surface area contributed by atoms with Crippen molar-refractivity contribution in [2.75, 3.05) is 39.1 Å². The number of ether oxygens (including phenoxy) is 4. The molecule has 4 rings (SSSR count). The topological polar surface area (TPSA) is 61.0 Å². The van der Waals surface area contributed by atoms with Gasteiger partial charge >= 0.3 is 0 Å². The molecule has 0 atom stereocenters. The molecule has 0 aromatic heterocycles. The molecule has 0 fully saturated rings. The monoisotopic (exact) mass is 456 g/mol. The molecule has 6 heteroatoms. The molecule has 4 aromatic carbocycles. The van der Waals surface area contributed by atoms with E-state index >= 15 is 0 Å². The van der Waals surface area contributed by atoms with Crippen LogP contribution in [-0.4, -0.2) is 28.4 Å². The summed E-state index contributed by atoms with van der Waals surface area (Å²) in [6.45, 7) is 0. The van der Waals surface area contributed by atoms with E-state index in [0.717, 1.165) is 56.9 Å². The number of anilines is 4. The van der Waals surface area contributed by atoms with E-state index in [4.69, 9.17) is 18.9 Å². The van der Waals surface area contributed by atoms with Gasteiger partial charge in [0.15, 0.2) is 0 Å². The second-order valence-electron chi connectivity index (χ2n) is 7.54. The summed E-state index contributed by atoms with van der Waals surface area (Å²) in [6, 6.07) is 27.7. The number of benzene rings is 4. The fourth-order valence-electron chi connectivity index (χ4n) is 3.61. The normalized spacial score (nSPS) is 10.4. The minimum absolute atomic E-state index is 0.743. The van der Waals surface area contributed by atoms with E-state index in [2.05, 4.69) is 22.8 Å². The van der Waals surface area contributed by atoms with Crippen LogP contribution in [0.1, 0.15) is 0 Å². The smallest absolute Gasteiger partial charge is 0.142 e. The Kier molecular flexibility index (Phi) is 7.08. The predicted octanol–water partition coefficient (Wildman–Crippen LogP) is 6.88. The van der Waals surface area contributed by atoms with Crippen LogP contribution in [0.3, 0.4) is 0 Å². The van der Waals surface area contributed by atoms with Gasteiger partial charge < -0.3 is 29.6 Å². The summed E-state index contributed by atoms with van der Waals surface area (Å²) in [5.41, 5.74) is 5.69. The fourth-order valence-corrected chi connectivity index (χ4v) is 3.61. The molecule has 0 unspecified atom stereocenters. The highest BCUT2D eigenvalue weighted by Gasteiger charge is 2.10. The molecule has 0 spiro atoms. The maximum absolute atomic E-state index is 5.66. The van der Waals surface area contributed by atoms with Crippen molar-refractivity contribution in [1.82, 2.24) is 0 Å². The van der Waals surface area contributed by atoms with E-state index in [1.54, 1.807) is 28.4 Å². The molecule has 0 heterocycles. The van der Waals surface area contributed by atoms with Crippen LogP contribution in [0, 0.1) is 0 Å². The first-order chi connectivity index (χ1) is 16.6. The maximum atomic E-state index is 5.66. The zero-order chi connectivity index (χ0) is 23.9. The number of methoxy groups -OCH3 is 4. The Labute approximate surface area is 200 Å². The van der Waals surface area contributed by atoms with E-state index in [1.807, 2.05) is 72.8 Å². The van der Waals surface area contributed by atoms with Crippen molar-refractivity contribution < 1.29 is 18.9 Å². The molecule has 0 aliphatic rings. The van der Waals surface area contributed by atoms with Crippen LogP contribution in [0.25, 0.3) is 11.1 Å². The minimum atomic E-state index is 0.743. The van der Waals surface area contributed by atoms with Crippen LogP contribution < -0.4 is 29.6 Å². The van der Waals surface area contributed by atoms with Gasteiger partial charge in [0.05, 0.1) is 39.8 Å². The van der Waals surface area contributed by atoms with E-state index < -0.39 is 0 Å². The molecule has 6 nitrogen and oxygen atoms in total. The Hall–Kier alpha value is -4.32. The highest BCUT2D eigenvalue weighted by molar-refractivity contribution is 5.78. The summed E-state index contributed by atoms with van der Waals surface area (Å²) >= 11 is 0. The molecule has 174 valence electrons. The highest BCUT2D eigenvalue weighted by Crippen LogP contribution is 2.37. The van der Waals surface area contributed by atoms with Gasteiger partial charge in [-0.05, 0) is 83.9 Å². The van der Waals surface area contributed by atoms with E-state index in [0.29, 0.717) is 0 Å². The van der Waals surface area contributed by atoms with Crippen LogP contribution in [0.15, 0.2) is 84.9 Å². The Morgan fingerprint density at radius 2 is 0.824 bits per heavy atom. The van der Waals surface area contributed by atoms with Crippen LogP contribution in [-0.2, 0) is 0 Å². The molecule has 34 heavy (non-hydrogen) atoms. The van der Waals surface area contributed by atoms with Gasteiger partial charge in [0.1, 0.15) is 23.0 Å². The highest BCUT2D eigenvalue weighted by atomic mass is 16.5. The van der Waals surface area contributed by atoms with Gasteiger partial charge in [-0.15, -0.1) is 0 Å². The standard InChI is InChI=1S/C28H28N2O4/c1-31-23-11-7-21(8-12-23)29-25-15-5-19(17-27(25)33-3)20-6-16-26(28(18-20)34-4)30-22-9-13-24(32-2)14-10-22/h5-18,29-30H,1-4H3. The maximum Gasteiger partial charge on any atom is 0.142 e. The predicted molar refractivity (Wildman–Crippen MR) is 138 cm³/mol. The molecule has 0 saturated carbocycles. The van der Waals surface area contributed by atoms with Crippen molar-refractivity contribution in [3.05, 3.63) is 84.9 Å². The summed E-state index contributed by atoms with van der Waals surface area (Å²) in [7, 11) is 6.64. The van der Waals surface area contributed by atoms with Gasteiger partial charge in [-0.2, -0.15) is 0 Å². The first kappa shape index (κ1) is 22.9. The second-order valence-corrected chi connectivity index (χ2v) is 7.54. The molecule has 0 bridgehead atoms. The number of hydrogen-bond acceptors (Lipinski definition) is 6. The van der Waals surface area contributed by atoms with Gasteiger partial charge in [0.2, 0.25) is 0 Å². The first-order valence-corrected chi connectivity index (χ1v) is 10.8. The molecule has 0 amide bonds. The lowest BCUT2D eigenvalue weighted by Gasteiger charge is -2.15. The third-order valence-electron chi connectivity index (χ3n) is 5.47. The zero-order valence-corrected chi connectivity index (χ0v) is 19.7. The molecule has 0 aliphatic heterocycles. The number of nitrogens with one attached hydrogen (secondary N) is 2. The molecule has 2 N–H and O–H groups in total. The molecule has 0 saturated heterocycles. The number of hydrogen-bond donors (Lipinski definition) is 2. The van der Waals surface area contributed by atoms with Crippen molar-refractivity contribution in [2.45, 2.75) is 0 Å². The van der Waals surface area contributed by atoms with E-state index in [9.17, 15) is 0 Å². The Balaban J connectivity index is 1.56. The lowest BCUT2D eigenvalue weighted by Crippen LogP contribution is -1.97. The van der Waals surface area contributed by atoms with Crippen LogP contribution in [0.5, 0.6) is 23.0 Å². The van der Waals surface area contributed by atoms with Gasteiger partial charge in [-0.3, -0.25) is 0 Å². The second kappa shape index (κ2) is 10.5. The van der Waals surface area contributed by atoms with Crippen molar-refractivity contribution in [3.63, 3.8) is 0 Å². The summed E-state index contributed by atoms with van der Waals surface area (Å²) in [4.78, 5) is 0. The van der Waals surface area contributed by atoms with Crippen molar-refractivity contribution in [1.29, 1.82) is 0 Å². The quantitative estimate of drug-likeness (QED) is 0.286. The van der Waals surface area contributed by atoms with Crippen LogP contribution in [0.4, 0.5) is 22.7 Å². The van der Waals surface area contributed by atoms with E-state index in [1.165, 1.54) is 0 Å². The summed E-state index contributed by atoms with van der Waals surface area (Å²) in [5.74, 6) is 3.11. The molecular weight excluding hydrogens is 428 g/mol. The lowest BCUT2D eigenvalue weighted by atomic mass is 10.0. The molecule has 0 aliphatic carbocycles. The number of rotatable bonds is 9. The van der Waals surface area contributed by atoms with Crippen molar-refractivity contribution >= 4 is 22.7 Å². The van der Waals surface area contributed by atoms with Gasteiger partial charge in [-0.1, -0.05) is 12.1 Å². The SMILES string of the molecule is COc1ccc(Nc2ccc(-c3ccc(Nc4ccc(OC)cc4)c(OC)c3)cc2OC)cc1. The Bertz CT molecular complexity index is 1140. The Morgan fingerprint density at radius 1 is 0.441 bits per heavy atom. The largest absolute Gasteiger partial charge is 0.497 e. The first-order valence-electron chi connectivity index (χ1n) is 10.8. The molecular formula is C28H28N2O4. The van der Waals surface area contributed by atoms with Gasteiger partial charge in [-0.25, -0.2) is 0 Å². The van der Waals surface area contributed by atoms with Crippen molar-refractivity contribution in [2.24, 2.45) is 0 Å². The zero-order valence-electron chi connectivity index (χ0n) is 19.7. The average molecular weight is 457 g/mol. The van der Waals surface area contributed by atoms with Gasteiger partial charge in [0, 0.05) is 11.4 Å². The summed E-state index contributed by atoms with van der Waals surface area (Å²) < 4.78 is 21.8. The summed E-state index contributed by atoms with van der Waals surface area (Å²) in [6.07, 6.45) is 0. The fraction of sp³-hybridized carbons (Fsp3) is 0.143. The summed E-state index contributed by atoms with van der Waals surface area (Å²) in [5, 5.41) is 6.79. The van der Waals surface area contributed by atoms with Crippen LogP contribution in [0.2, 0.25) is 0 Å². The third-order valence-corrected chi connectivity index (χ3v) is 5.47. The van der Waals surface area contributed by atoms with Gasteiger partial charge in [0.25, 0.3) is 0 Å². The molecule has 0 radical (unpaired) electrons. The molecule has 4 aromatic rings.